The Morgan fingerprint density at radius 3 is 2.40 bits per heavy atom. The van der Waals surface area contributed by atoms with Crippen molar-refractivity contribution in [2.24, 2.45) is 0 Å². The molecule has 0 amide bonds. The lowest BCUT2D eigenvalue weighted by Crippen LogP contribution is -1.99. The van der Waals surface area contributed by atoms with Crippen LogP contribution in [0.1, 0.15) is 30.9 Å². The molecule has 0 aliphatic heterocycles. The molecule has 0 unspecified atom stereocenters. The van der Waals surface area contributed by atoms with Gasteiger partial charge in [0.1, 0.15) is 5.75 Å². The minimum atomic E-state index is 0.0300. The lowest BCUT2D eigenvalue weighted by atomic mass is 9.98. The summed E-state index contributed by atoms with van der Waals surface area (Å²) in [5.41, 5.74) is 2.44. The summed E-state index contributed by atoms with van der Waals surface area (Å²) >= 11 is 5.77. The minimum absolute atomic E-state index is 0.0300. The number of methoxy groups -OCH3 is 1. The molecule has 0 saturated heterocycles. The summed E-state index contributed by atoms with van der Waals surface area (Å²) in [5.74, 6) is 1.12. The zero-order valence-electron chi connectivity index (χ0n) is 11.8. The highest BCUT2D eigenvalue weighted by molar-refractivity contribution is 6.28. The molecule has 5 nitrogen and oxygen atoms in total. The normalized spacial score (nSPS) is 10.7. The van der Waals surface area contributed by atoms with Gasteiger partial charge < -0.3 is 9.47 Å². The van der Waals surface area contributed by atoms with Crippen LogP contribution in [-0.2, 0) is 0 Å². The molecule has 2 aromatic rings. The van der Waals surface area contributed by atoms with Crippen LogP contribution in [0.15, 0.2) is 18.2 Å². The SMILES string of the molecule is COc1nc(Cl)nc(Oc2ccc(C(C)C)c(C)c2)n1. The molecule has 106 valence electrons. The first-order chi connectivity index (χ1) is 9.49. The fourth-order valence-electron chi connectivity index (χ4n) is 1.92. The lowest BCUT2D eigenvalue weighted by Gasteiger charge is -2.11. The van der Waals surface area contributed by atoms with E-state index in [4.69, 9.17) is 21.1 Å². The van der Waals surface area contributed by atoms with E-state index in [-0.39, 0.29) is 17.3 Å². The van der Waals surface area contributed by atoms with E-state index in [2.05, 4.69) is 28.8 Å². The van der Waals surface area contributed by atoms with E-state index >= 15 is 0 Å². The summed E-state index contributed by atoms with van der Waals surface area (Å²) in [5, 5.41) is 0.0300. The summed E-state index contributed by atoms with van der Waals surface area (Å²) < 4.78 is 10.5. The molecule has 1 aromatic heterocycles. The molecule has 0 radical (unpaired) electrons. The molecule has 1 aromatic carbocycles. The molecular formula is C14H16ClN3O2. The maximum absolute atomic E-state index is 5.77. The van der Waals surface area contributed by atoms with E-state index in [0.29, 0.717) is 11.7 Å². The van der Waals surface area contributed by atoms with E-state index in [1.165, 1.54) is 12.7 Å². The monoisotopic (exact) mass is 293 g/mol. The Kier molecular flexibility index (Phi) is 4.39. The average molecular weight is 294 g/mol. The van der Waals surface area contributed by atoms with Crippen molar-refractivity contribution >= 4 is 11.6 Å². The van der Waals surface area contributed by atoms with Crippen LogP contribution in [0.4, 0.5) is 0 Å². The Morgan fingerprint density at radius 2 is 1.80 bits per heavy atom. The summed E-state index contributed by atoms with van der Waals surface area (Å²) in [6.45, 7) is 6.35. The van der Waals surface area contributed by atoms with Crippen molar-refractivity contribution in [1.82, 2.24) is 15.0 Å². The topological polar surface area (TPSA) is 57.1 Å². The molecular weight excluding hydrogens is 278 g/mol. The maximum Gasteiger partial charge on any atom is 0.329 e. The molecule has 1 heterocycles. The number of aryl methyl sites for hydroxylation is 1. The van der Waals surface area contributed by atoms with Crippen LogP contribution in [-0.4, -0.2) is 22.1 Å². The zero-order chi connectivity index (χ0) is 14.7. The molecule has 2 rings (SSSR count). The summed E-state index contributed by atoms with van der Waals surface area (Å²) in [7, 11) is 1.46. The fourth-order valence-corrected chi connectivity index (χ4v) is 2.06. The van der Waals surface area contributed by atoms with Crippen LogP contribution in [0.3, 0.4) is 0 Å². The number of nitrogens with zero attached hydrogens (tertiary/aromatic N) is 3. The number of halogens is 1. The van der Waals surface area contributed by atoms with E-state index in [1.807, 2.05) is 25.1 Å². The number of hydrogen-bond donors (Lipinski definition) is 0. The lowest BCUT2D eigenvalue weighted by molar-refractivity contribution is 0.359. The third-order valence-electron chi connectivity index (χ3n) is 2.82. The maximum atomic E-state index is 5.77. The summed E-state index contributed by atoms with van der Waals surface area (Å²) in [6, 6.07) is 6.09. The van der Waals surface area contributed by atoms with Crippen molar-refractivity contribution in [3.05, 3.63) is 34.6 Å². The highest BCUT2D eigenvalue weighted by Gasteiger charge is 2.09. The Morgan fingerprint density at radius 1 is 1.10 bits per heavy atom. The van der Waals surface area contributed by atoms with Gasteiger partial charge in [0.05, 0.1) is 7.11 Å². The van der Waals surface area contributed by atoms with Gasteiger partial charge in [-0.2, -0.15) is 9.97 Å². The Bertz CT molecular complexity index is 617. The molecule has 0 aliphatic rings. The number of rotatable bonds is 4. The number of benzene rings is 1. The Labute approximate surface area is 123 Å². The Balaban J connectivity index is 2.26. The van der Waals surface area contributed by atoms with Crippen LogP contribution >= 0.6 is 11.6 Å². The second kappa shape index (κ2) is 6.05. The predicted molar refractivity (Wildman–Crippen MR) is 76.7 cm³/mol. The van der Waals surface area contributed by atoms with Gasteiger partial charge in [-0.3, -0.25) is 0 Å². The largest absolute Gasteiger partial charge is 0.467 e. The predicted octanol–water partition coefficient (Wildman–Crippen LogP) is 3.76. The molecule has 0 fully saturated rings. The van der Waals surface area contributed by atoms with Crippen molar-refractivity contribution < 1.29 is 9.47 Å². The van der Waals surface area contributed by atoms with Crippen LogP contribution in [0, 0.1) is 6.92 Å². The summed E-state index contributed by atoms with van der Waals surface area (Å²) in [6.07, 6.45) is 0. The molecule has 20 heavy (non-hydrogen) atoms. The van der Waals surface area contributed by atoms with E-state index in [9.17, 15) is 0 Å². The third-order valence-corrected chi connectivity index (χ3v) is 2.99. The van der Waals surface area contributed by atoms with Gasteiger partial charge in [-0.25, -0.2) is 0 Å². The zero-order valence-corrected chi connectivity index (χ0v) is 12.6. The van der Waals surface area contributed by atoms with Crippen LogP contribution in [0.25, 0.3) is 0 Å². The van der Waals surface area contributed by atoms with Gasteiger partial charge in [0.15, 0.2) is 0 Å². The number of hydrogen-bond acceptors (Lipinski definition) is 5. The second-order valence-corrected chi connectivity index (χ2v) is 4.99. The average Bonchev–Trinajstić information content (AvgIpc) is 2.37. The van der Waals surface area contributed by atoms with Crippen molar-refractivity contribution in [3.63, 3.8) is 0 Å². The molecule has 0 spiro atoms. The van der Waals surface area contributed by atoms with Crippen LogP contribution < -0.4 is 9.47 Å². The molecule has 0 atom stereocenters. The highest BCUT2D eigenvalue weighted by atomic mass is 35.5. The second-order valence-electron chi connectivity index (χ2n) is 4.65. The minimum Gasteiger partial charge on any atom is -0.467 e. The number of ether oxygens (including phenoxy) is 2. The highest BCUT2D eigenvalue weighted by Crippen LogP contribution is 2.26. The van der Waals surface area contributed by atoms with Crippen LogP contribution in [0.5, 0.6) is 17.8 Å². The first-order valence-electron chi connectivity index (χ1n) is 6.23. The van der Waals surface area contributed by atoms with Gasteiger partial charge in [0.25, 0.3) is 0 Å². The van der Waals surface area contributed by atoms with E-state index < -0.39 is 0 Å². The van der Waals surface area contributed by atoms with Gasteiger partial charge >= 0.3 is 12.0 Å². The number of aromatic nitrogens is 3. The quantitative estimate of drug-likeness (QED) is 0.859. The molecule has 6 heteroatoms. The van der Waals surface area contributed by atoms with Gasteiger partial charge in [-0.15, -0.1) is 4.98 Å². The van der Waals surface area contributed by atoms with Gasteiger partial charge in [0.2, 0.25) is 5.28 Å². The van der Waals surface area contributed by atoms with E-state index in [0.717, 1.165) is 5.56 Å². The van der Waals surface area contributed by atoms with E-state index in [1.54, 1.807) is 0 Å². The molecule has 0 bridgehead atoms. The third kappa shape index (κ3) is 3.36. The molecule has 0 aliphatic carbocycles. The first kappa shape index (κ1) is 14.5. The van der Waals surface area contributed by atoms with Gasteiger partial charge in [0, 0.05) is 0 Å². The first-order valence-corrected chi connectivity index (χ1v) is 6.61. The molecule has 0 N–H and O–H groups in total. The van der Waals surface area contributed by atoms with Crippen LogP contribution in [0.2, 0.25) is 5.28 Å². The standard InChI is InChI=1S/C14H16ClN3O2/c1-8(2)11-6-5-10(7-9(11)3)20-14-17-12(15)16-13(18-14)19-4/h5-8H,1-4H3. The van der Waals surface area contributed by atoms with Gasteiger partial charge in [-0.05, 0) is 47.7 Å². The van der Waals surface area contributed by atoms with Gasteiger partial charge in [-0.1, -0.05) is 19.9 Å². The smallest absolute Gasteiger partial charge is 0.329 e. The van der Waals surface area contributed by atoms with Crippen molar-refractivity contribution in [2.45, 2.75) is 26.7 Å². The molecule has 0 saturated carbocycles. The van der Waals surface area contributed by atoms with Crippen molar-refractivity contribution in [2.75, 3.05) is 7.11 Å². The Hall–Kier alpha value is -1.88. The van der Waals surface area contributed by atoms with Crippen molar-refractivity contribution in [1.29, 1.82) is 0 Å². The fraction of sp³-hybridized carbons (Fsp3) is 0.357. The van der Waals surface area contributed by atoms with Crippen molar-refractivity contribution in [3.8, 4) is 17.8 Å². The summed E-state index contributed by atoms with van der Waals surface area (Å²) in [4.78, 5) is 11.7.